The molecule has 1 aliphatic heterocycles. The maximum absolute atomic E-state index is 14.0. The van der Waals surface area contributed by atoms with Gasteiger partial charge in [-0.05, 0) is 31.0 Å². The van der Waals surface area contributed by atoms with E-state index in [4.69, 9.17) is 18.0 Å². The quantitative estimate of drug-likeness (QED) is 0.856. The van der Waals surface area contributed by atoms with E-state index in [0.29, 0.717) is 11.3 Å². The van der Waals surface area contributed by atoms with Crippen molar-refractivity contribution in [1.82, 2.24) is 4.90 Å². The summed E-state index contributed by atoms with van der Waals surface area (Å²) in [5.41, 5.74) is 6.32. The van der Waals surface area contributed by atoms with Crippen molar-refractivity contribution < 1.29 is 9.18 Å². The second-order valence-electron chi connectivity index (χ2n) is 4.97. The molecule has 0 saturated carbocycles. The average molecular weight is 295 g/mol. The number of thiocarbonyl (C=S) groups is 1. The molecule has 1 aromatic rings. The lowest BCUT2D eigenvalue weighted by molar-refractivity contribution is -0.128. The Hall–Kier alpha value is -1.69. The number of hydrogen-bond donors (Lipinski definition) is 1. The van der Waals surface area contributed by atoms with Crippen molar-refractivity contribution in [3.63, 3.8) is 0 Å². The van der Waals surface area contributed by atoms with Crippen LogP contribution in [0.5, 0.6) is 0 Å². The van der Waals surface area contributed by atoms with Crippen molar-refractivity contribution >= 4 is 28.8 Å². The first-order chi connectivity index (χ1) is 9.49. The van der Waals surface area contributed by atoms with E-state index >= 15 is 0 Å². The molecule has 2 N–H and O–H groups in total. The third-order valence-electron chi connectivity index (χ3n) is 3.47. The maximum atomic E-state index is 14.0. The molecule has 0 unspecified atom stereocenters. The van der Waals surface area contributed by atoms with Crippen molar-refractivity contribution in [2.45, 2.75) is 12.8 Å². The monoisotopic (exact) mass is 295 g/mol. The van der Waals surface area contributed by atoms with Gasteiger partial charge in [-0.1, -0.05) is 12.2 Å². The van der Waals surface area contributed by atoms with Gasteiger partial charge >= 0.3 is 0 Å². The van der Waals surface area contributed by atoms with E-state index in [1.165, 1.54) is 6.07 Å². The van der Waals surface area contributed by atoms with Crippen LogP contribution in [0.15, 0.2) is 18.2 Å². The smallest absolute Gasteiger partial charge is 0.242 e. The lowest BCUT2D eigenvalue weighted by Gasteiger charge is -2.23. The molecule has 0 spiro atoms. The van der Waals surface area contributed by atoms with Gasteiger partial charge in [-0.25, -0.2) is 4.39 Å². The van der Waals surface area contributed by atoms with Crippen LogP contribution in [0, 0.1) is 5.82 Å². The van der Waals surface area contributed by atoms with Crippen LogP contribution in [0.25, 0.3) is 0 Å². The van der Waals surface area contributed by atoms with E-state index in [2.05, 4.69) is 0 Å². The molecule has 1 heterocycles. The van der Waals surface area contributed by atoms with Crippen LogP contribution >= 0.6 is 12.2 Å². The Bertz CT molecular complexity index is 529. The Morgan fingerprint density at radius 2 is 2.10 bits per heavy atom. The molecule has 0 aromatic heterocycles. The number of hydrogen-bond acceptors (Lipinski definition) is 3. The summed E-state index contributed by atoms with van der Waals surface area (Å²) in [6, 6.07) is 4.56. The first kappa shape index (κ1) is 14.7. The number of likely N-dealkylation sites (tertiary alicyclic amines) is 1. The molecule has 4 nitrogen and oxygen atoms in total. The minimum Gasteiger partial charge on any atom is -0.389 e. The molecular weight excluding hydrogens is 277 g/mol. The van der Waals surface area contributed by atoms with Crippen LogP contribution in [-0.2, 0) is 4.79 Å². The van der Waals surface area contributed by atoms with Crippen LogP contribution in [0.1, 0.15) is 18.4 Å². The Morgan fingerprint density at radius 3 is 2.65 bits per heavy atom. The van der Waals surface area contributed by atoms with Crippen LogP contribution in [0.2, 0.25) is 0 Å². The number of carbonyl (C=O) groups excluding carboxylic acids is 1. The predicted molar refractivity (Wildman–Crippen MR) is 81.4 cm³/mol. The number of halogens is 1. The summed E-state index contributed by atoms with van der Waals surface area (Å²) in [6.45, 7) is 1.77. The Labute approximate surface area is 123 Å². The third-order valence-corrected chi connectivity index (χ3v) is 3.71. The molecule has 1 aliphatic rings. The summed E-state index contributed by atoms with van der Waals surface area (Å²) in [6.07, 6.45) is 2.10. The molecule has 1 fully saturated rings. The summed E-state index contributed by atoms with van der Waals surface area (Å²) in [5, 5.41) is 0. The number of nitrogens with zero attached hydrogens (tertiary/aromatic N) is 2. The van der Waals surface area contributed by atoms with Gasteiger partial charge in [-0.3, -0.25) is 4.79 Å². The number of nitrogens with two attached hydrogens (primary N) is 1. The van der Waals surface area contributed by atoms with E-state index in [0.717, 1.165) is 25.9 Å². The Morgan fingerprint density at radius 1 is 1.45 bits per heavy atom. The van der Waals surface area contributed by atoms with Gasteiger partial charge in [0.25, 0.3) is 0 Å². The zero-order chi connectivity index (χ0) is 14.7. The number of amides is 1. The van der Waals surface area contributed by atoms with Gasteiger partial charge in [0.2, 0.25) is 5.91 Å². The topological polar surface area (TPSA) is 49.6 Å². The maximum Gasteiger partial charge on any atom is 0.242 e. The van der Waals surface area contributed by atoms with Crippen molar-refractivity contribution in [2.24, 2.45) is 5.73 Å². The molecule has 1 amide bonds. The minimum atomic E-state index is -0.424. The highest BCUT2D eigenvalue weighted by atomic mass is 32.1. The largest absolute Gasteiger partial charge is 0.389 e. The molecule has 108 valence electrons. The predicted octanol–water partition coefficient (Wildman–Crippen LogP) is 1.52. The SMILES string of the molecule is CN(CC(=O)N1CCCC1)c1ccc(C(N)=S)cc1F. The Kier molecular flexibility index (Phi) is 4.54. The van der Waals surface area contributed by atoms with Gasteiger partial charge in [0, 0.05) is 25.7 Å². The highest BCUT2D eigenvalue weighted by Gasteiger charge is 2.20. The average Bonchev–Trinajstić information content (AvgIpc) is 2.92. The first-order valence-corrected chi connectivity index (χ1v) is 6.98. The van der Waals surface area contributed by atoms with Crippen LogP contribution in [0.4, 0.5) is 10.1 Å². The molecular formula is C14H18FN3OS. The lowest BCUT2D eigenvalue weighted by Crippen LogP contribution is -2.37. The lowest BCUT2D eigenvalue weighted by atomic mass is 10.2. The summed E-state index contributed by atoms with van der Waals surface area (Å²) in [7, 11) is 1.70. The third kappa shape index (κ3) is 3.25. The number of anilines is 1. The van der Waals surface area contributed by atoms with Crippen molar-refractivity contribution in [1.29, 1.82) is 0 Å². The molecule has 0 aliphatic carbocycles. The molecule has 0 bridgehead atoms. The zero-order valence-corrected chi connectivity index (χ0v) is 12.3. The standard InChI is InChI=1S/C14H18FN3OS/c1-17(9-13(19)18-6-2-3-7-18)12-5-4-10(14(16)20)8-11(12)15/h4-5,8H,2-3,6-7,9H2,1H3,(H2,16,20). The summed E-state index contributed by atoms with van der Waals surface area (Å²) < 4.78 is 14.0. The molecule has 1 aromatic carbocycles. The van der Waals surface area contributed by atoms with E-state index in [-0.39, 0.29) is 17.4 Å². The number of rotatable bonds is 4. The molecule has 1 saturated heterocycles. The molecule has 0 radical (unpaired) electrons. The first-order valence-electron chi connectivity index (χ1n) is 6.57. The zero-order valence-electron chi connectivity index (χ0n) is 11.4. The van der Waals surface area contributed by atoms with Crippen LogP contribution < -0.4 is 10.6 Å². The van der Waals surface area contributed by atoms with Gasteiger partial charge in [0.1, 0.15) is 10.8 Å². The second kappa shape index (κ2) is 6.17. The molecule has 6 heteroatoms. The van der Waals surface area contributed by atoms with Gasteiger partial charge in [-0.2, -0.15) is 0 Å². The summed E-state index contributed by atoms with van der Waals surface area (Å²) in [4.78, 5) is 15.6. The fourth-order valence-corrected chi connectivity index (χ4v) is 2.45. The minimum absolute atomic E-state index is 0.0304. The second-order valence-corrected chi connectivity index (χ2v) is 5.41. The fourth-order valence-electron chi connectivity index (χ4n) is 2.32. The number of benzene rings is 1. The fraction of sp³-hybridized carbons (Fsp3) is 0.429. The molecule has 2 rings (SSSR count). The van der Waals surface area contributed by atoms with Gasteiger partial charge in [-0.15, -0.1) is 0 Å². The van der Waals surface area contributed by atoms with Gasteiger partial charge < -0.3 is 15.5 Å². The highest BCUT2D eigenvalue weighted by Crippen LogP contribution is 2.20. The van der Waals surface area contributed by atoms with Crippen LogP contribution in [0.3, 0.4) is 0 Å². The summed E-state index contributed by atoms with van der Waals surface area (Å²) >= 11 is 4.81. The van der Waals surface area contributed by atoms with Crippen LogP contribution in [-0.4, -0.2) is 42.5 Å². The molecule has 0 atom stereocenters. The van der Waals surface area contributed by atoms with Gasteiger partial charge in [0.15, 0.2) is 0 Å². The number of carbonyl (C=O) groups is 1. The van der Waals surface area contributed by atoms with E-state index in [1.54, 1.807) is 24.1 Å². The normalized spacial score (nSPS) is 14.4. The van der Waals surface area contributed by atoms with Crippen molar-refractivity contribution in [3.05, 3.63) is 29.6 Å². The van der Waals surface area contributed by atoms with E-state index in [9.17, 15) is 9.18 Å². The Balaban J connectivity index is 2.06. The van der Waals surface area contributed by atoms with Gasteiger partial charge in [0.05, 0.1) is 12.2 Å². The summed E-state index contributed by atoms with van der Waals surface area (Å²) in [5.74, 6) is -0.394. The van der Waals surface area contributed by atoms with Crippen molar-refractivity contribution in [2.75, 3.05) is 31.6 Å². The highest BCUT2D eigenvalue weighted by molar-refractivity contribution is 7.80. The van der Waals surface area contributed by atoms with E-state index < -0.39 is 5.82 Å². The molecule has 20 heavy (non-hydrogen) atoms. The number of likely N-dealkylation sites (N-methyl/N-ethyl adjacent to an activating group) is 1. The van der Waals surface area contributed by atoms with E-state index in [1.807, 2.05) is 4.90 Å². The van der Waals surface area contributed by atoms with Crippen molar-refractivity contribution in [3.8, 4) is 0 Å².